The van der Waals surface area contributed by atoms with Crippen LogP contribution in [0, 0.1) is 0 Å². The average Bonchev–Trinajstić information content (AvgIpc) is 2.53. The van der Waals surface area contributed by atoms with Gasteiger partial charge in [-0.25, -0.2) is 0 Å². The molecule has 0 saturated heterocycles. The molecule has 2 aliphatic rings. The second-order valence-corrected chi connectivity index (χ2v) is 5.25. The van der Waals surface area contributed by atoms with Gasteiger partial charge in [0.25, 0.3) is 0 Å². The summed E-state index contributed by atoms with van der Waals surface area (Å²) in [5.74, 6) is -0.954. The standard InChI is InChI=1S/C14H15NO3/c1-8-10-7-9(3-4-11(10)15-12(8)16)14(13(17)18)5-2-6-14/h3-4,7-8H,2,5-6H2,1H3,(H,15,16)(H,17,18). The number of carboxylic acids is 1. The summed E-state index contributed by atoms with van der Waals surface area (Å²) in [7, 11) is 0. The smallest absolute Gasteiger partial charge is 0.314 e. The maximum absolute atomic E-state index is 11.6. The van der Waals surface area contributed by atoms with Crippen LogP contribution < -0.4 is 5.32 Å². The molecule has 1 amide bonds. The molecule has 1 saturated carbocycles. The SMILES string of the molecule is CC1C(=O)Nc2ccc(C3(C(=O)O)CCC3)cc21. The third kappa shape index (κ3) is 1.32. The van der Waals surface area contributed by atoms with Gasteiger partial charge >= 0.3 is 5.97 Å². The number of anilines is 1. The summed E-state index contributed by atoms with van der Waals surface area (Å²) >= 11 is 0. The fraction of sp³-hybridized carbons (Fsp3) is 0.429. The summed E-state index contributed by atoms with van der Waals surface area (Å²) in [6.07, 6.45) is 2.34. The number of benzene rings is 1. The van der Waals surface area contributed by atoms with Gasteiger partial charge in [-0.15, -0.1) is 0 Å². The van der Waals surface area contributed by atoms with Crippen LogP contribution in [-0.4, -0.2) is 17.0 Å². The molecule has 0 aromatic heterocycles. The minimum atomic E-state index is -0.751. The Bertz CT molecular complexity index is 546. The lowest BCUT2D eigenvalue weighted by molar-refractivity contribution is -0.147. The second kappa shape index (κ2) is 3.57. The number of rotatable bonds is 2. The highest BCUT2D eigenvalue weighted by Gasteiger charge is 2.46. The number of hydrogen-bond donors (Lipinski definition) is 2. The lowest BCUT2D eigenvalue weighted by Gasteiger charge is -2.38. The Balaban J connectivity index is 2.06. The topological polar surface area (TPSA) is 66.4 Å². The van der Waals surface area contributed by atoms with Crippen LogP contribution in [0.15, 0.2) is 18.2 Å². The molecule has 1 fully saturated rings. The van der Waals surface area contributed by atoms with E-state index in [0.717, 1.165) is 23.2 Å². The number of amides is 1. The predicted octanol–water partition coefficient (Wildman–Crippen LogP) is 2.25. The van der Waals surface area contributed by atoms with Crippen LogP contribution >= 0.6 is 0 Å². The highest BCUT2D eigenvalue weighted by Crippen LogP contribution is 2.46. The van der Waals surface area contributed by atoms with E-state index in [-0.39, 0.29) is 11.8 Å². The van der Waals surface area contributed by atoms with E-state index < -0.39 is 11.4 Å². The first-order chi connectivity index (χ1) is 8.54. The monoisotopic (exact) mass is 245 g/mol. The van der Waals surface area contributed by atoms with E-state index in [4.69, 9.17) is 0 Å². The Hall–Kier alpha value is -1.84. The largest absolute Gasteiger partial charge is 0.481 e. The zero-order chi connectivity index (χ0) is 12.9. The van der Waals surface area contributed by atoms with Gasteiger partial charge in [0.05, 0.1) is 11.3 Å². The van der Waals surface area contributed by atoms with Crippen LogP contribution in [0.5, 0.6) is 0 Å². The number of carbonyl (C=O) groups excluding carboxylic acids is 1. The van der Waals surface area contributed by atoms with Crippen molar-refractivity contribution in [2.75, 3.05) is 5.32 Å². The number of carbonyl (C=O) groups is 2. The van der Waals surface area contributed by atoms with Crippen molar-refractivity contribution in [3.05, 3.63) is 29.3 Å². The molecule has 1 atom stereocenters. The molecule has 4 nitrogen and oxygen atoms in total. The number of fused-ring (bicyclic) bond motifs is 1. The highest BCUT2D eigenvalue weighted by atomic mass is 16.4. The average molecular weight is 245 g/mol. The van der Waals surface area contributed by atoms with Crippen LogP contribution in [-0.2, 0) is 15.0 Å². The third-order valence-corrected chi connectivity index (χ3v) is 4.34. The quantitative estimate of drug-likeness (QED) is 0.839. The van der Waals surface area contributed by atoms with Gasteiger partial charge in [-0.1, -0.05) is 18.6 Å². The van der Waals surface area contributed by atoms with Gasteiger partial charge in [0.2, 0.25) is 5.91 Å². The van der Waals surface area contributed by atoms with Gasteiger partial charge in [0.15, 0.2) is 0 Å². The van der Waals surface area contributed by atoms with Gasteiger partial charge in [-0.3, -0.25) is 9.59 Å². The lowest BCUT2D eigenvalue weighted by atomic mass is 9.64. The van der Waals surface area contributed by atoms with Crippen molar-refractivity contribution in [3.63, 3.8) is 0 Å². The van der Waals surface area contributed by atoms with Crippen molar-refractivity contribution in [1.29, 1.82) is 0 Å². The van der Waals surface area contributed by atoms with Crippen LogP contribution in [0.4, 0.5) is 5.69 Å². The Labute approximate surface area is 105 Å². The van der Waals surface area contributed by atoms with E-state index in [2.05, 4.69) is 5.32 Å². The maximum Gasteiger partial charge on any atom is 0.314 e. The molecule has 0 bridgehead atoms. The van der Waals surface area contributed by atoms with Crippen molar-refractivity contribution >= 4 is 17.6 Å². The number of aliphatic carboxylic acids is 1. The van der Waals surface area contributed by atoms with Crippen LogP contribution in [0.1, 0.15) is 43.2 Å². The fourth-order valence-corrected chi connectivity index (χ4v) is 2.87. The molecule has 3 rings (SSSR count). The molecule has 0 radical (unpaired) electrons. The number of carboxylic acid groups (broad SMARTS) is 1. The van der Waals surface area contributed by atoms with E-state index in [1.807, 2.05) is 25.1 Å². The van der Waals surface area contributed by atoms with E-state index >= 15 is 0 Å². The Morgan fingerprint density at radius 3 is 2.72 bits per heavy atom. The molecule has 1 heterocycles. The van der Waals surface area contributed by atoms with E-state index in [1.165, 1.54) is 0 Å². The summed E-state index contributed by atoms with van der Waals surface area (Å²) in [4.78, 5) is 23.0. The Morgan fingerprint density at radius 1 is 1.44 bits per heavy atom. The van der Waals surface area contributed by atoms with Crippen LogP contribution in [0.3, 0.4) is 0 Å². The first kappa shape index (κ1) is 11.3. The maximum atomic E-state index is 11.6. The van der Waals surface area contributed by atoms with Gasteiger partial charge in [0.1, 0.15) is 0 Å². The van der Waals surface area contributed by atoms with Gasteiger partial charge in [-0.05, 0) is 37.0 Å². The van der Waals surface area contributed by atoms with Crippen molar-refractivity contribution in [2.24, 2.45) is 0 Å². The molecule has 1 aromatic rings. The Kier molecular flexibility index (Phi) is 2.24. The summed E-state index contributed by atoms with van der Waals surface area (Å²) in [6, 6.07) is 5.56. The van der Waals surface area contributed by atoms with Crippen LogP contribution in [0.2, 0.25) is 0 Å². The molecular weight excluding hydrogens is 230 g/mol. The normalized spacial score (nSPS) is 24.1. The first-order valence-electron chi connectivity index (χ1n) is 6.23. The molecule has 1 aliphatic carbocycles. The zero-order valence-electron chi connectivity index (χ0n) is 10.2. The fourth-order valence-electron chi connectivity index (χ4n) is 2.87. The first-order valence-corrected chi connectivity index (χ1v) is 6.23. The summed E-state index contributed by atoms with van der Waals surface area (Å²) in [6.45, 7) is 1.85. The molecule has 0 spiro atoms. The summed E-state index contributed by atoms with van der Waals surface area (Å²) in [5, 5.41) is 12.2. The van der Waals surface area contributed by atoms with Crippen molar-refractivity contribution in [2.45, 2.75) is 37.5 Å². The van der Waals surface area contributed by atoms with Gasteiger partial charge in [0, 0.05) is 5.69 Å². The molecule has 1 aliphatic heterocycles. The summed E-state index contributed by atoms with van der Waals surface area (Å²) < 4.78 is 0. The van der Waals surface area contributed by atoms with Gasteiger partial charge in [-0.2, -0.15) is 0 Å². The minimum absolute atomic E-state index is 0.0138. The Morgan fingerprint density at radius 2 is 2.17 bits per heavy atom. The highest BCUT2D eigenvalue weighted by molar-refractivity contribution is 6.02. The molecular formula is C14H15NO3. The van der Waals surface area contributed by atoms with Crippen molar-refractivity contribution in [3.8, 4) is 0 Å². The molecule has 1 aromatic carbocycles. The zero-order valence-corrected chi connectivity index (χ0v) is 10.2. The van der Waals surface area contributed by atoms with Gasteiger partial charge < -0.3 is 10.4 Å². The third-order valence-electron chi connectivity index (χ3n) is 4.34. The lowest BCUT2D eigenvalue weighted by Crippen LogP contribution is -2.42. The molecule has 4 heteroatoms. The van der Waals surface area contributed by atoms with Crippen molar-refractivity contribution in [1.82, 2.24) is 0 Å². The minimum Gasteiger partial charge on any atom is -0.481 e. The molecule has 1 unspecified atom stereocenters. The number of hydrogen-bond acceptors (Lipinski definition) is 2. The van der Waals surface area contributed by atoms with Crippen LogP contribution in [0.25, 0.3) is 0 Å². The molecule has 2 N–H and O–H groups in total. The number of nitrogens with one attached hydrogen (secondary N) is 1. The van der Waals surface area contributed by atoms with E-state index in [0.29, 0.717) is 12.8 Å². The van der Waals surface area contributed by atoms with E-state index in [1.54, 1.807) is 0 Å². The summed E-state index contributed by atoms with van der Waals surface area (Å²) in [5.41, 5.74) is 1.85. The second-order valence-electron chi connectivity index (χ2n) is 5.25. The molecule has 94 valence electrons. The van der Waals surface area contributed by atoms with Crippen molar-refractivity contribution < 1.29 is 14.7 Å². The predicted molar refractivity (Wildman–Crippen MR) is 66.7 cm³/mol. The molecule has 18 heavy (non-hydrogen) atoms. The van der Waals surface area contributed by atoms with E-state index in [9.17, 15) is 14.7 Å².